The minimum absolute atomic E-state index is 0.291. The third-order valence-corrected chi connectivity index (χ3v) is 4.44. The topological polar surface area (TPSA) is 75.1 Å². The van der Waals surface area contributed by atoms with Crippen molar-refractivity contribution in [1.29, 1.82) is 0 Å². The number of aromatic nitrogens is 2. The van der Waals surface area contributed by atoms with Crippen LogP contribution in [0.25, 0.3) is 11.4 Å². The highest BCUT2D eigenvalue weighted by atomic mass is 16.3. The smallest absolute Gasteiger partial charge is 0.254 e. The van der Waals surface area contributed by atoms with Crippen LogP contribution in [0.3, 0.4) is 0 Å². The average molecular weight is 331 g/mol. The summed E-state index contributed by atoms with van der Waals surface area (Å²) in [6.45, 7) is 0. The van der Waals surface area contributed by atoms with E-state index in [-0.39, 0.29) is 5.91 Å². The number of aliphatic hydroxyl groups excluding tert-OH is 1. The molecule has 1 aliphatic rings. The van der Waals surface area contributed by atoms with Crippen molar-refractivity contribution in [2.75, 3.05) is 0 Å². The lowest BCUT2D eigenvalue weighted by molar-refractivity contribution is 0.0857. The van der Waals surface area contributed by atoms with E-state index in [1.807, 2.05) is 54.6 Å². The van der Waals surface area contributed by atoms with Crippen LogP contribution >= 0.6 is 0 Å². The number of nitrogens with one attached hydrogen (secondary N) is 1. The van der Waals surface area contributed by atoms with E-state index in [1.165, 1.54) is 12.4 Å². The lowest BCUT2D eigenvalue weighted by Crippen LogP contribution is -2.34. The number of fused-ring (bicyclic) bond motifs is 1. The molecule has 0 radical (unpaired) electrons. The highest BCUT2D eigenvalue weighted by Crippen LogP contribution is 2.31. The summed E-state index contributed by atoms with van der Waals surface area (Å²) in [7, 11) is 0. The zero-order chi connectivity index (χ0) is 17.2. The van der Waals surface area contributed by atoms with Crippen LogP contribution in [0.5, 0.6) is 0 Å². The highest BCUT2D eigenvalue weighted by molar-refractivity contribution is 5.94. The zero-order valence-corrected chi connectivity index (χ0v) is 13.5. The van der Waals surface area contributed by atoms with Crippen LogP contribution in [0.2, 0.25) is 0 Å². The summed E-state index contributed by atoms with van der Waals surface area (Å²) in [5.74, 6) is 0.281. The van der Waals surface area contributed by atoms with Gasteiger partial charge in [0.25, 0.3) is 5.91 Å². The van der Waals surface area contributed by atoms with E-state index >= 15 is 0 Å². The van der Waals surface area contributed by atoms with Crippen molar-refractivity contribution in [3.63, 3.8) is 0 Å². The minimum Gasteiger partial charge on any atom is -0.390 e. The number of rotatable bonds is 3. The first kappa shape index (κ1) is 15.5. The van der Waals surface area contributed by atoms with Crippen LogP contribution in [-0.4, -0.2) is 27.1 Å². The SMILES string of the molecule is O=C(N[C@H]1c2ccccc2C[C@H]1O)c1cnc(-c2ccccc2)nc1. The maximum atomic E-state index is 12.5. The van der Waals surface area contributed by atoms with E-state index < -0.39 is 12.1 Å². The van der Waals surface area contributed by atoms with E-state index in [9.17, 15) is 9.90 Å². The molecule has 5 nitrogen and oxygen atoms in total. The van der Waals surface area contributed by atoms with Crippen molar-refractivity contribution < 1.29 is 9.90 Å². The molecule has 1 aliphatic carbocycles. The zero-order valence-electron chi connectivity index (χ0n) is 13.5. The molecule has 2 aromatic carbocycles. The Labute approximate surface area is 145 Å². The molecule has 5 heteroatoms. The molecule has 0 saturated carbocycles. The molecule has 3 aromatic rings. The molecule has 0 bridgehead atoms. The molecule has 0 unspecified atom stereocenters. The predicted molar refractivity (Wildman–Crippen MR) is 93.8 cm³/mol. The molecule has 124 valence electrons. The molecular formula is C20H17N3O2. The fraction of sp³-hybridized carbons (Fsp3) is 0.150. The van der Waals surface area contributed by atoms with E-state index in [0.717, 1.165) is 16.7 Å². The first-order chi connectivity index (χ1) is 12.2. The number of benzene rings is 2. The summed E-state index contributed by atoms with van der Waals surface area (Å²) in [6.07, 6.45) is 2.95. The molecule has 2 N–H and O–H groups in total. The Balaban J connectivity index is 1.52. The Morgan fingerprint density at radius 1 is 1.00 bits per heavy atom. The van der Waals surface area contributed by atoms with Gasteiger partial charge < -0.3 is 10.4 Å². The van der Waals surface area contributed by atoms with Crippen LogP contribution in [0, 0.1) is 0 Å². The Kier molecular flexibility index (Phi) is 3.99. The van der Waals surface area contributed by atoms with Gasteiger partial charge in [-0.15, -0.1) is 0 Å². The number of hydrogen-bond donors (Lipinski definition) is 2. The second-order valence-corrected chi connectivity index (χ2v) is 6.08. The van der Waals surface area contributed by atoms with Crippen molar-refractivity contribution in [1.82, 2.24) is 15.3 Å². The van der Waals surface area contributed by atoms with Gasteiger partial charge in [0.1, 0.15) is 0 Å². The van der Waals surface area contributed by atoms with Gasteiger partial charge in [-0.3, -0.25) is 4.79 Å². The normalized spacial score (nSPS) is 18.6. The van der Waals surface area contributed by atoms with Crippen molar-refractivity contribution in [2.45, 2.75) is 18.6 Å². The van der Waals surface area contributed by atoms with Gasteiger partial charge in [-0.25, -0.2) is 9.97 Å². The number of carbonyl (C=O) groups excluding carboxylic acids is 1. The summed E-state index contributed by atoms with van der Waals surface area (Å²) < 4.78 is 0. The Hall–Kier alpha value is -3.05. The van der Waals surface area contributed by atoms with Crippen LogP contribution in [0.1, 0.15) is 27.5 Å². The maximum Gasteiger partial charge on any atom is 0.254 e. The molecule has 2 atom stereocenters. The summed E-state index contributed by atoms with van der Waals surface area (Å²) in [6, 6.07) is 16.9. The van der Waals surface area contributed by atoms with Crippen LogP contribution in [0.15, 0.2) is 67.0 Å². The van der Waals surface area contributed by atoms with Gasteiger partial charge in [0.2, 0.25) is 0 Å². The molecule has 4 rings (SSSR count). The first-order valence-electron chi connectivity index (χ1n) is 8.16. The molecule has 1 amide bonds. The lowest BCUT2D eigenvalue weighted by atomic mass is 10.1. The second-order valence-electron chi connectivity index (χ2n) is 6.08. The number of hydrogen-bond acceptors (Lipinski definition) is 4. The molecule has 0 aliphatic heterocycles. The Morgan fingerprint density at radius 2 is 1.68 bits per heavy atom. The molecule has 1 aromatic heterocycles. The number of nitrogens with zero attached hydrogens (tertiary/aromatic N) is 2. The lowest BCUT2D eigenvalue weighted by Gasteiger charge is -2.17. The first-order valence-corrected chi connectivity index (χ1v) is 8.16. The molecule has 0 saturated heterocycles. The highest BCUT2D eigenvalue weighted by Gasteiger charge is 2.32. The monoisotopic (exact) mass is 331 g/mol. The number of carbonyl (C=O) groups is 1. The molecular weight excluding hydrogens is 314 g/mol. The van der Waals surface area contributed by atoms with Gasteiger partial charge in [-0.05, 0) is 11.1 Å². The van der Waals surface area contributed by atoms with Crippen molar-refractivity contribution in [2.24, 2.45) is 0 Å². The van der Waals surface area contributed by atoms with Gasteiger partial charge in [0, 0.05) is 24.4 Å². The van der Waals surface area contributed by atoms with Crippen molar-refractivity contribution in [3.8, 4) is 11.4 Å². The Morgan fingerprint density at radius 3 is 2.44 bits per heavy atom. The quantitative estimate of drug-likeness (QED) is 0.773. The van der Waals surface area contributed by atoms with Crippen LogP contribution < -0.4 is 5.32 Å². The van der Waals surface area contributed by atoms with Gasteiger partial charge in [0.15, 0.2) is 5.82 Å². The summed E-state index contributed by atoms with van der Waals surface area (Å²) >= 11 is 0. The largest absolute Gasteiger partial charge is 0.390 e. The van der Waals surface area contributed by atoms with Gasteiger partial charge in [0.05, 0.1) is 17.7 Å². The molecule has 25 heavy (non-hydrogen) atoms. The van der Waals surface area contributed by atoms with E-state index in [2.05, 4.69) is 15.3 Å². The summed E-state index contributed by atoms with van der Waals surface area (Å²) in [4.78, 5) is 21.0. The Bertz CT molecular complexity index is 894. The van der Waals surface area contributed by atoms with E-state index in [0.29, 0.717) is 17.8 Å². The van der Waals surface area contributed by atoms with Crippen LogP contribution in [0.4, 0.5) is 0 Å². The number of amides is 1. The van der Waals surface area contributed by atoms with E-state index in [1.54, 1.807) is 0 Å². The minimum atomic E-state index is -0.620. The third-order valence-electron chi connectivity index (χ3n) is 4.44. The molecule has 1 heterocycles. The van der Waals surface area contributed by atoms with Gasteiger partial charge in [-0.1, -0.05) is 54.6 Å². The summed E-state index contributed by atoms with van der Waals surface area (Å²) in [5.41, 5.74) is 3.30. The molecule has 0 fully saturated rings. The predicted octanol–water partition coefficient (Wildman–Crippen LogP) is 2.53. The average Bonchev–Trinajstić information content (AvgIpc) is 2.98. The fourth-order valence-corrected chi connectivity index (χ4v) is 3.15. The van der Waals surface area contributed by atoms with Crippen molar-refractivity contribution >= 4 is 5.91 Å². The van der Waals surface area contributed by atoms with Gasteiger partial charge in [-0.2, -0.15) is 0 Å². The summed E-state index contributed by atoms with van der Waals surface area (Å²) in [5, 5.41) is 13.1. The molecule has 0 spiro atoms. The van der Waals surface area contributed by atoms with Crippen LogP contribution in [-0.2, 0) is 6.42 Å². The second kappa shape index (κ2) is 6.45. The number of aliphatic hydroxyl groups is 1. The van der Waals surface area contributed by atoms with E-state index in [4.69, 9.17) is 0 Å². The van der Waals surface area contributed by atoms with Crippen molar-refractivity contribution in [3.05, 3.63) is 83.7 Å². The standard InChI is InChI=1S/C20H17N3O2/c24-17-10-14-8-4-5-9-16(14)18(17)23-20(25)15-11-21-19(22-12-15)13-6-2-1-3-7-13/h1-9,11-12,17-18,24H,10H2,(H,23,25)/t17-,18+/m1/s1. The third kappa shape index (κ3) is 3.02. The fourth-order valence-electron chi connectivity index (χ4n) is 3.15. The maximum absolute atomic E-state index is 12.5. The van der Waals surface area contributed by atoms with Gasteiger partial charge >= 0.3 is 0 Å².